The smallest absolute Gasteiger partial charge is 0.288 e. The van der Waals surface area contributed by atoms with Crippen LogP contribution in [-0.4, -0.2) is 78.7 Å². The lowest BCUT2D eigenvalue weighted by atomic mass is 10.1. The Morgan fingerprint density at radius 1 is 0.972 bits per heavy atom. The third kappa shape index (κ3) is 5.53. The van der Waals surface area contributed by atoms with Gasteiger partial charge in [-0.05, 0) is 24.3 Å². The van der Waals surface area contributed by atoms with Gasteiger partial charge in [-0.1, -0.05) is 11.6 Å². The summed E-state index contributed by atoms with van der Waals surface area (Å²) in [6, 6.07) is 7.88. The van der Waals surface area contributed by atoms with Crippen LogP contribution in [0.15, 0.2) is 39.9 Å². The van der Waals surface area contributed by atoms with Crippen molar-refractivity contribution in [2.45, 2.75) is 0 Å². The van der Waals surface area contributed by atoms with Crippen LogP contribution in [0, 0.1) is 10.1 Å². The fraction of sp³-hybridized carbons (Fsp3) is 0.364. The highest BCUT2D eigenvalue weighted by atomic mass is 35.5. The number of furan rings is 1. The average molecular weight is 515 g/mol. The minimum atomic E-state index is -0.536. The number of nitro benzene ring substituents is 1. The number of rotatable bonds is 7. The molecular weight excluding hydrogens is 492 g/mol. The molecule has 188 valence electrons. The van der Waals surface area contributed by atoms with Gasteiger partial charge >= 0.3 is 0 Å². The van der Waals surface area contributed by atoms with Crippen LogP contribution in [0.1, 0.15) is 5.76 Å². The maximum absolute atomic E-state index is 11.2. The van der Waals surface area contributed by atoms with Gasteiger partial charge in [0.1, 0.15) is 16.5 Å². The molecule has 0 radical (unpaired) electrons. The first-order valence-corrected chi connectivity index (χ1v) is 11.7. The lowest BCUT2D eigenvalue weighted by Gasteiger charge is -2.30. The van der Waals surface area contributed by atoms with Crippen molar-refractivity contribution in [1.29, 1.82) is 0 Å². The molecule has 0 bridgehead atoms. The molecule has 0 aliphatic carbocycles. The van der Waals surface area contributed by atoms with Gasteiger partial charge in [0.15, 0.2) is 0 Å². The maximum Gasteiger partial charge on any atom is 0.288 e. The van der Waals surface area contributed by atoms with Gasteiger partial charge in [0.25, 0.3) is 5.69 Å². The molecule has 14 heteroatoms. The van der Waals surface area contributed by atoms with Gasteiger partial charge in [-0.25, -0.2) is 5.43 Å². The van der Waals surface area contributed by atoms with Crippen LogP contribution in [0.4, 0.5) is 23.5 Å². The molecule has 4 heterocycles. The van der Waals surface area contributed by atoms with Crippen LogP contribution in [0.5, 0.6) is 0 Å². The van der Waals surface area contributed by atoms with E-state index in [1.807, 2.05) is 9.80 Å². The monoisotopic (exact) mass is 514 g/mol. The molecule has 0 unspecified atom stereocenters. The minimum absolute atomic E-state index is 0.0616. The third-order valence-corrected chi connectivity index (χ3v) is 5.93. The number of halogens is 1. The molecule has 0 spiro atoms. The molecule has 36 heavy (non-hydrogen) atoms. The van der Waals surface area contributed by atoms with Gasteiger partial charge < -0.3 is 23.7 Å². The molecule has 2 saturated heterocycles. The lowest BCUT2D eigenvalue weighted by Crippen LogP contribution is -2.40. The number of hydrogen-bond acceptors (Lipinski definition) is 12. The van der Waals surface area contributed by atoms with Crippen molar-refractivity contribution in [3.63, 3.8) is 0 Å². The first-order valence-electron chi connectivity index (χ1n) is 11.3. The Morgan fingerprint density at radius 3 is 2.22 bits per heavy atom. The second-order valence-electron chi connectivity index (χ2n) is 7.95. The molecule has 2 aliphatic heterocycles. The Labute approximate surface area is 210 Å². The number of nitrogens with zero attached hydrogens (tertiary/aromatic N) is 7. The van der Waals surface area contributed by atoms with Gasteiger partial charge in [-0.2, -0.15) is 20.1 Å². The molecule has 13 nitrogen and oxygen atoms in total. The summed E-state index contributed by atoms with van der Waals surface area (Å²) < 4.78 is 16.6. The van der Waals surface area contributed by atoms with E-state index in [0.29, 0.717) is 87.5 Å². The van der Waals surface area contributed by atoms with E-state index in [-0.39, 0.29) is 10.7 Å². The van der Waals surface area contributed by atoms with E-state index in [2.05, 4.69) is 25.5 Å². The van der Waals surface area contributed by atoms with E-state index in [4.69, 9.17) is 25.5 Å². The summed E-state index contributed by atoms with van der Waals surface area (Å²) >= 11 is 5.90. The molecule has 2 aliphatic rings. The summed E-state index contributed by atoms with van der Waals surface area (Å²) in [6.07, 6.45) is 1.47. The average Bonchev–Trinajstić information content (AvgIpc) is 3.38. The second-order valence-corrected chi connectivity index (χ2v) is 8.36. The maximum atomic E-state index is 11.2. The number of nitrogens with one attached hydrogen (secondary N) is 1. The summed E-state index contributed by atoms with van der Waals surface area (Å²) in [6.45, 7) is 5.18. The standard InChI is InChI=1S/C22H23ClN8O5/c23-17-3-1-15(13-18(17)31(32)33)19-4-2-16(36-19)14-24-28-20-25-21(29-5-9-34-10-6-29)27-22(26-20)30-7-11-35-12-8-30/h1-4,13-14H,5-12H2,(H,25,26,27,28)/b24-14-. The number of nitro groups is 1. The van der Waals surface area contributed by atoms with E-state index in [0.717, 1.165) is 0 Å². The zero-order chi connectivity index (χ0) is 24.9. The van der Waals surface area contributed by atoms with Crippen molar-refractivity contribution in [2.24, 2.45) is 5.10 Å². The van der Waals surface area contributed by atoms with Gasteiger partial charge in [0.05, 0.1) is 37.6 Å². The minimum Gasteiger partial charge on any atom is -0.455 e. The van der Waals surface area contributed by atoms with Gasteiger partial charge in [0, 0.05) is 37.8 Å². The van der Waals surface area contributed by atoms with Crippen molar-refractivity contribution < 1.29 is 18.8 Å². The molecule has 2 fully saturated rings. The number of morpholine rings is 2. The predicted molar refractivity (Wildman–Crippen MR) is 133 cm³/mol. The van der Waals surface area contributed by atoms with E-state index in [1.165, 1.54) is 18.3 Å². The van der Waals surface area contributed by atoms with Gasteiger partial charge in [0.2, 0.25) is 17.8 Å². The topological polar surface area (TPSA) is 144 Å². The lowest BCUT2D eigenvalue weighted by molar-refractivity contribution is -0.384. The van der Waals surface area contributed by atoms with Crippen molar-refractivity contribution in [3.8, 4) is 11.3 Å². The van der Waals surface area contributed by atoms with Crippen LogP contribution >= 0.6 is 11.6 Å². The van der Waals surface area contributed by atoms with Crippen LogP contribution in [0.2, 0.25) is 5.02 Å². The normalized spacial score (nSPS) is 16.5. The van der Waals surface area contributed by atoms with Crippen molar-refractivity contribution in [1.82, 2.24) is 15.0 Å². The van der Waals surface area contributed by atoms with Crippen LogP contribution < -0.4 is 15.2 Å². The molecule has 0 amide bonds. The summed E-state index contributed by atoms with van der Waals surface area (Å²) in [5.41, 5.74) is 3.20. The molecular formula is C22H23ClN8O5. The molecule has 0 saturated carbocycles. The summed E-state index contributed by atoms with van der Waals surface area (Å²) in [7, 11) is 0. The summed E-state index contributed by atoms with van der Waals surface area (Å²) in [5.74, 6) is 2.28. The van der Waals surface area contributed by atoms with Crippen molar-refractivity contribution >= 4 is 41.3 Å². The zero-order valence-corrected chi connectivity index (χ0v) is 19.9. The number of hydrogen-bond donors (Lipinski definition) is 1. The molecule has 1 N–H and O–H groups in total. The number of aromatic nitrogens is 3. The Morgan fingerprint density at radius 2 is 1.61 bits per heavy atom. The number of hydrazone groups is 1. The fourth-order valence-electron chi connectivity index (χ4n) is 3.75. The highest BCUT2D eigenvalue weighted by Crippen LogP contribution is 2.31. The van der Waals surface area contributed by atoms with Gasteiger partial charge in [-0.3, -0.25) is 10.1 Å². The largest absolute Gasteiger partial charge is 0.455 e. The van der Waals surface area contributed by atoms with Crippen LogP contribution in [0.25, 0.3) is 11.3 Å². The Balaban J connectivity index is 1.33. The summed E-state index contributed by atoms with van der Waals surface area (Å²) in [4.78, 5) is 28.4. The predicted octanol–water partition coefficient (Wildman–Crippen LogP) is 2.81. The molecule has 2 aromatic heterocycles. The van der Waals surface area contributed by atoms with E-state index >= 15 is 0 Å². The SMILES string of the molecule is O=[N+]([O-])c1cc(-c2ccc(/C=N\Nc3nc(N4CCOCC4)nc(N4CCOCC4)n3)o2)ccc1Cl. The quantitative estimate of drug-likeness (QED) is 0.282. The molecule has 5 rings (SSSR count). The van der Waals surface area contributed by atoms with Crippen molar-refractivity contribution in [3.05, 3.63) is 51.2 Å². The van der Waals surface area contributed by atoms with Gasteiger partial charge in [-0.15, -0.1) is 0 Å². The Hall–Kier alpha value is -3.81. The number of anilines is 3. The first kappa shape index (κ1) is 23.9. The van der Waals surface area contributed by atoms with Crippen molar-refractivity contribution in [2.75, 3.05) is 67.8 Å². The molecule has 0 atom stereocenters. The number of ether oxygens (including phenoxy) is 2. The third-order valence-electron chi connectivity index (χ3n) is 5.61. The molecule has 1 aromatic carbocycles. The second kappa shape index (κ2) is 10.8. The van der Waals surface area contributed by atoms with Crippen LogP contribution in [-0.2, 0) is 9.47 Å². The molecule has 3 aromatic rings. The van der Waals surface area contributed by atoms with E-state index < -0.39 is 4.92 Å². The highest BCUT2D eigenvalue weighted by molar-refractivity contribution is 6.32. The highest BCUT2D eigenvalue weighted by Gasteiger charge is 2.21. The zero-order valence-electron chi connectivity index (χ0n) is 19.2. The Bertz CT molecular complexity index is 1220. The fourth-order valence-corrected chi connectivity index (χ4v) is 3.94. The first-order chi connectivity index (χ1) is 17.6. The Kier molecular flexibility index (Phi) is 7.21. The van der Waals surface area contributed by atoms with E-state index in [1.54, 1.807) is 18.2 Å². The van der Waals surface area contributed by atoms with E-state index in [9.17, 15) is 10.1 Å². The number of benzene rings is 1. The summed E-state index contributed by atoms with van der Waals surface area (Å²) in [5, 5.41) is 15.4. The van der Waals surface area contributed by atoms with Crippen LogP contribution in [0.3, 0.4) is 0 Å².